The van der Waals surface area contributed by atoms with E-state index < -0.39 is 23.8 Å². The first kappa shape index (κ1) is 38.0. The van der Waals surface area contributed by atoms with Gasteiger partial charge in [-0.25, -0.2) is 13.0 Å². The highest BCUT2D eigenvalue weighted by Crippen LogP contribution is 2.39. The molecule has 2 unspecified atom stereocenters. The van der Waals surface area contributed by atoms with Crippen LogP contribution in [0, 0.1) is 5.92 Å². The van der Waals surface area contributed by atoms with Gasteiger partial charge < -0.3 is 19.0 Å². The zero-order chi connectivity index (χ0) is 28.9. The van der Waals surface area contributed by atoms with Crippen molar-refractivity contribution in [3.8, 4) is 0 Å². The molecule has 0 saturated heterocycles. The molecule has 0 fully saturated rings. The first-order valence-electron chi connectivity index (χ1n) is 15.0. The maximum Gasteiger partial charge on any atom is 0.470 e. The first-order valence-corrected chi connectivity index (χ1v) is 18.4. The fourth-order valence-corrected chi connectivity index (χ4v) is 7.36. The lowest BCUT2D eigenvalue weighted by Gasteiger charge is -2.31. The maximum atomic E-state index is 12.8. The number of rotatable bonds is 27. The van der Waals surface area contributed by atoms with E-state index in [1.165, 1.54) is 84.2 Å². The molecule has 2 atom stereocenters. The molecular weight excluding hydrogens is 525 g/mol. The van der Waals surface area contributed by atoms with Crippen LogP contribution in [0.25, 0.3) is 0 Å². The minimum absolute atomic E-state index is 0.0578. The predicted octanol–water partition coefficient (Wildman–Crippen LogP) is 6.50. The van der Waals surface area contributed by atoms with E-state index in [0.29, 0.717) is 17.4 Å². The molecule has 0 radical (unpaired) electrons. The lowest BCUT2D eigenvalue weighted by molar-refractivity contribution is -0.873. The number of quaternary nitrogens is 1. The Hall–Kier alpha value is -0.0200. The van der Waals surface area contributed by atoms with Crippen molar-refractivity contribution < 1.29 is 36.5 Å². The van der Waals surface area contributed by atoms with Gasteiger partial charge in [-0.15, -0.1) is 0 Å². The van der Waals surface area contributed by atoms with E-state index in [4.69, 9.17) is 9.26 Å². The summed E-state index contributed by atoms with van der Waals surface area (Å²) in [6, 6.07) is 0. The van der Waals surface area contributed by atoms with E-state index in [0.717, 1.165) is 19.3 Å². The van der Waals surface area contributed by atoms with E-state index in [-0.39, 0.29) is 30.5 Å². The fourth-order valence-electron chi connectivity index (χ4n) is 5.06. The van der Waals surface area contributed by atoms with Gasteiger partial charge in [0.05, 0.1) is 39.3 Å². The number of methoxy groups -OCH3 is 1. The molecule has 0 saturated carbocycles. The number of ether oxygens (including phenoxy) is 1. The third-order valence-corrected chi connectivity index (χ3v) is 9.30. The van der Waals surface area contributed by atoms with Crippen LogP contribution in [-0.2, 0) is 23.7 Å². The standard InChI is InChI=1S/C28H60NO7PS/c1-6-7-8-9-10-11-12-13-14-15-16-17-18-19-20-21-22-38(33,34)26-27(25-35-5)23-28(24-29(2,3)4)36-37(30,31)32/h27-28H,6-26H2,1-5H3,(H-,30,31,32)/p+1. The Bertz CT molecular complexity index is 706. The highest BCUT2D eigenvalue weighted by molar-refractivity contribution is 7.91. The normalized spacial score (nSPS) is 14.6. The highest BCUT2D eigenvalue weighted by atomic mass is 32.2. The Labute approximate surface area is 235 Å². The van der Waals surface area contributed by atoms with Crippen LogP contribution < -0.4 is 0 Å². The second kappa shape index (κ2) is 21.7. The molecule has 0 aliphatic carbocycles. The van der Waals surface area contributed by atoms with Crippen molar-refractivity contribution in [3.63, 3.8) is 0 Å². The molecule has 0 heterocycles. The van der Waals surface area contributed by atoms with Crippen molar-refractivity contribution in [2.45, 2.75) is 122 Å². The van der Waals surface area contributed by atoms with Crippen LogP contribution in [0.5, 0.6) is 0 Å². The van der Waals surface area contributed by atoms with Crippen molar-refractivity contribution in [2.75, 3.05) is 52.9 Å². The van der Waals surface area contributed by atoms with Gasteiger partial charge in [-0.05, 0) is 18.8 Å². The number of hydrogen-bond donors (Lipinski definition) is 2. The lowest BCUT2D eigenvalue weighted by atomic mass is 10.0. The molecule has 0 aliphatic rings. The van der Waals surface area contributed by atoms with Crippen molar-refractivity contribution in [2.24, 2.45) is 5.92 Å². The quantitative estimate of drug-likeness (QED) is 0.0642. The SMILES string of the molecule is CCCCCCCCCCCCCCCCCCS(=O)(=O)CC(COC)CC(C[N+](C)(C)C)OP(=O)(O)O. The monoisotopic (exact) mass is 586 g/mol. The minimum atomic E-state index is -4.68. The Kier molecular flexibility index (Phi) is 21.7. The lowest BCUT2D eigenvalue weighted by Crippen LogP contribution is -2.43. The molecule has 8 nitrogen and oxygen atoms in total. The smallest absolute Gasteiger partial charge is 0.384 e. The molecule has 0 rings (SSSR count). The molecule has 0 aromatic carbocycles. The molecular formula is C28H61NO7PS+. The Balaban J connectivity index is 4.13. The minimum Gasteiger partial charge on any atom is -0.384 e. The fraction of sp³-hybridized carbons (Fsp3) is 1.00. The van der Waals surface area contributed by atoms with Crippen molar-refractivity contribution in [3.05, 3.63) is 0 Å². The molecule has 0 bridgehead atoms. The number of unbranched alkanes of at least 4 members (excludes halogenated alkanes) is 15. The van der Waals surface area contributed by atoms with E-state index in [9.17, 15) is 22.8 Å². The number of sulfone groups is 1. The van der Waals surface area contributed by atoms with Gasteiger partial charge >= 0.3 is 7.82 Å². The number of nitrogens with zero attached hydrogens (tertiary/aromatic N) is 1. The van der Waals surface area contributed by atoms with Crippen LogP contribution in [0.1, 0.15) is 116 Å². The summed E-state index contributed by atoms with van der Waals surface area (Å²) in [4.78, 5) is 18.6. The number of likely N-dealkylation sites (N-methyl/N-ethyl adjacent to an activating group) is 1. The van der Waals surface area contributed by atoms with E-state index in [1.54, 1.807) is 0 Å². The van der Waals surface area contributed by atoms with E-state index in [2.05, 4.69) is 6.92 Å². The topological polar surface area (TPSA) is 110 Å². The predicted molar refractivity (Wildman–Crippen MR) is 158 cm³/mol. The second-order valence-electron chi connectivity index (χ2n) is 12.2. The average molecular weight is 587 g/mol. The van der Waals surface area contributed by atoms with Gasteiger partial charge in [-0.2, -0.15) is 0 Å². The van der Waals surface area contributed by atoms with Gasteiger partial charge in [0.1, 0.15) is 12.6 Å². The Morgan fingerprint density at radius 1 is 0.763 bits per heavy atom. The molecule has 0 amide bonds. The molecule has 0 spiro atoms. The van der Waals surface area contributed by atoms with Gasteiger partial charge in [0, 0.05) is 7.11 Å². The molecule has 10 heteroatoms. The van der Waals surface area contributed by atoms with Gasteiger partial charge in [0.25, 0.3) is 0 Å². The average Bonchev–Trinajstić information content (AvgIpc) is 2.76. The summed E-state index contributed by atoms with van der Waals surface area (Å²) in [5.41, 5.74) is 0. The van der Waals surface area contributed by atoms with E-state index >= 15 is 0 Å². The summed E-state index contributed by atoms with van der Waals surface area (Å²) >= 11 is 0. The molecule has 0 aromatic heterocycles. The summed E-state index contributed by atoms with van der Waals surface area (Å²) in [6.07, 6.45) is 19.4. The van der Waals surface area contributed by atoms with Crippen molar-refractivity contribution >= 4 is 17.7 Å². The van der Waals surface area contributed by atoms with Crippen LogP contribution in [0.15, 0.2) is 0 Å². The molecule has 2 N–H and O–H groups in total. The van der Waals surface area contributed by atoms with Crippen molar-refractivity contribution in [1.82, 2.24) is 0 Å². The molecule has 230 valence electrons. The second-order valence-corrected chi connectivity index (χ2v) is 15.6. The van der Waals surface area contributed by atoms with Crippen LogP contribution in [0.3, 0.4) is 0 Å². The van der Waals surface area contributed by atoms with Crippen LogP contribution >= 0.6 is 7.82 Å². The zero-order valence-electron chi connectivity index (χ0n) is 25.2. The number of hydrogen-bond acceptors (Lipinski definition) is 5. The van der Waals surface area contributed by atoms with Crippen molar-refractivity contribution in [1.29, 1.82) is 0 Å². The van der Waals surface area contributed by atoms with Gasteiger partial charge in [0.2, 0.25) is 0 Å². The maximum absolute atomic E-state index is 12.8. The summed E-state index contributed by atoms with van der Waals surface area (Å²) in [5, 5.41) is 0. The van der Waals surface area contributed by atoms with Gasteiger partial charge in [-0.3, -0.25) is 4.52 Å². The molecule has 38 heavy (non-hydrogen) atoms. The molecule has 0 aliphatic heterocycles. The first-order chi connectivity index (χ1) is 17.8. The van der Waals surface area contributed by atoms with Crippen LogP contribution in [0.4, 0.5) is 0 Å². The molecule has 0 aromatic rings. The summed E-state index contributed by atoms with van der Waals surface area (Å²) < 4.78 is 47.6. The van der Waals surface area contributed by atoms with Crippen LogP contribution in [0.2, 0.25) is 0 Å². The third kappa shape index (κ3) is 26.2. The van der Waals surface area contributed by atoms with E-state index in [1.807, 2.05) is 21.1 Å². The Morgan fingerprint density at radius 3 is 1.55 bits per heavy atom. The third-order valence-electron chi connectivity index (χ3n) is 6.83. The highest BCUT2D eigenvalue weighted by Gasteiger charge is 2.31. The number of phosphoric ester groups is 1. The largest absolute Gasteiger partial charge is 0.470 e. The summed E-state index contributed by atoms with van der Waals surface area (Å²) in [6.45, 7) is 2.81. The van der Waals surface area contributed by atoms with Gasteiger partial charge in [-0.1, -0.05) is 103 Å². The van der Waals surface area contributed by atoms with Crippen LogP contribution in [-0.4, -0.2) is 81.7 Å². The number of phosphoric acid groups is 1. The van der Waals surface area contributed by atoms with Gasteiger partial charge in [0.15, 0.2) is 9.84 Å². The Morgan fingerprint density at radius 2 is 1.18 bits per heavy atom. The summed E-state index contributed by atoms with van der Waals surface area (Å²) in [7, 11) is -0.770. The zero-order valence-corrected chi connectivity index (χ0v) is 27.0. The summed E-state index contributed by atoms with van der Waals surface area (Å²) in [5.74, 6) is -0.294.